The fourth-order valence-electron chi connectivity index (χ4n) is 0.683. The molecule has 0 aromatic heterocycles. The van der Waals surface area contributed by atoms with Gasteiger partial charge in [0.25, 0.3) is 0 Å². The molecule has 0 saturated carbocycles. The summed E-state index contributed by atoms with van der Waals surface area (Å²) in [6.45, 7) is 2.23. The summed E-state index contributed by atoms with van der Waals surface area (Å²) in [5, 5.41) is 0.990. The molecule has 0 saturated heterocycles. The molecule has 0 aliphatic heterocycles. The van der Waals surface area contributed by atoms with E-state index < -0.39 is 8.25 Å². The topological polar surface area (TPSA) is 57.5 Å². The summed E-state index contributed by atoms with van der Waals surface area (Å²) < 4.78 is 8.74. The van der Waals surface area contributed by atoms with E-state index in [1.165, 1.54) is 32.1 Å². The molecule has 0 fully saturated rings. The van der Waals surface area contributed by atoms with Crippen LogP contribution >= 0.6 is 8.25 Å². The van der Waals surface area contributed by atoms with Crippen LogP contribution in [0.3, 0.4) is 0 Å². The first-order valence-electron chi connectivity index (χ1n) is 4.08. The Morgan fingerprint density at radius 3 is 1.92 bits per heavy atom. The number of unbranched alkanes of at least 4 members (excludes halogenated alkanes) is 4. The molecule has 0 radical (unpaired) electrons. The van der Waals surface area contributed by atoms with Crippen molar-refractivity contribution in [3.8, 4) is 0 Å². The molecule has 79 valence electrons. The van der Waals surface area contributed by atoms with Gasteiger partial charge >= 0.3 is 68.1 Å². The number of hydrogen-bond donors (Lipinski definition) is 2. The molecule has 0 atom stereocenters. The van der Waals surface area contributed by atoms with E-state index in [1.54, 1.807) is 0 Å². The van der Waals surface area contributed by atoms with Crippen molar-refractivity contribution in [2.45, 2.75) is 44.4 Å². The van der Waals surface area contributed by atoms with Gasteiger partial charge in [0.15, 0.2) is 0 Å². The van der Waals surface area contributed by atoms with Crippen LogP contribution in [0, 0.1) is 0 Å². The van der Waals surface area contributed by atoms with Gasteiger partial charge in [-0.15, -0.1) is 0 Å². The van der Waals surface area contributed by atoms with E-state index in [4.69, 9.17) is 14.4 Å². The minimum absolute atomic E-state index is 0.990. The Labute approximate surface area is 82.9 Å². The van der Waals surface area contributed by atoms with E-state index in [0.717, 1.165) is 5.39 Å². The Hall–Kier alpha value is 0.644. The van der Waals surface area contributed by atoms with E-state index >= 15 is 0 Å². The maximum absolute atomic E-state index is 8.74. The molecule has 12 heavy (non-hydrogen) atoms. The summed E-state index contributed by atoms with van der Waals surface area (Å²) in [6, 6.07) is 0. The first-order chi connectivity index (χ1) is 5.65. The quantitative estimate of drug-likeness (QED) is 0.440. The molecule has 3 nitrogen and oxygen atoms in total. The third-order valence-electron chi connectivity index (χ3n) is 1.22. The molecule has 0 spiro atoms. The molecule has 0 aromatic carbocycles. The molecule has 0 aromatic rings. The first kappa shape index (κ1) is 15.1. The largest absolute Gasteiger partial charge is 0.326 e. The van der Waals surface area contributed by atoms with Gasteiger partial charge in [0, 0.05) is 0 Å². The predicted octanol–water partition coefficient (Wildman–Crippen LogP) is 2.28. The van der Waals surface area contributed by atoms with Crippen LogP contribution in [-0.2, 0) is 20.0 Å². The normalized spacial score (nSPS) is 9.50. The zero-order valence-corrected chi connectivity index (χ0v) is 9.35. The molecule has 0 amide bonds. The number of hydrogen-bond acceptors (Lipinski definition) is 1. The molecule has 0 bridgehead atoms. The Morgan fingerprint density at radius 1 is 1.17 bits per heavy atom. The van der Waals surface area contributed by atoms with Gasteiger partial charge in [-0.05, 0) is 0 Å². The maximum atomic E-state index is 8.74. The fourth-order valence-corrected chi connectivity index (χ4v) is 0.930. The van der Waals surface area contributed by atoms with Crippen molar-refractivity contribution < 1.29 is 29.8 Å². The zero-order valence-electron chi connectivity index (χ0n) is 7.36. The van der Waals surface area contributed by atoms with Crippen molar-refractivity contribution in [3.63, 3.8) is 0 Å². The summed E-state index contributed by atoms with van der Waals surface area (Å²) in [5.41, 5.74) is 0. The van der Waals surface area contributed by atoms with Crippen molar-refractivity contribution in [2.24, 2.45) is 0 Å². The Kier molecular flexibility index (Phi) is 17.9. The second kappa shape index (κ2) is 14.2. The Morgan fingerprint density at radius 2 is 1.58 bits per heavy atom. The van der Waals surface area contributed by atoms with Crippen LogP contribution in [-0.4, -0.2) is 9.79 Å². The average molecular weight is 240 g/mol. The van der Waals surface area contributed by atoms with Gasteiger partial charge in [-0.3, -0.25) is 4.57 Å². The van der Waals surface area contributed by atoms with E-state index in [2.05, 4.69) is 22.4 Å². The first-order valence-corrected chi connectivity index (χ1v) is 6.08. The summed E-state index contributed by atoms with van der Waals surface area (Å²) in [7, 11) is -3.13. The van der Waals surface area contributed by atoms with Crippen molar-refractivity contribution in [1.82, 2.24) is 0 Å². The molecule has 0 aliphatic carbocycles. The summed E-state index contributed by atoms with van der Waals surface area (Å²) in [6.07, 6.45) is 6.73. The average Bonchev–Trinajstić information content (AvgIpc) is 1.97. The molecule has 5 heteroatoms. The van der Waals surface area contributed by atoms with E-state index in [1.807, 2.05) is 0 Å². The van der Waals surface area contributed by atoms with Crippen molar-refractivity contribution in [3.05, 3.63) is 0 Å². The zero-order chi connectivity index (χ0) is 9.82. The van der Waals surface area contributed by atoms with Gasteiger partial charge in [0.05, 0.1) is 0 Å². The maximum Gasteiger partial charge on any atom is 0.314 e. The van der Waals surface area contributed by atoms with Crippen LogP contribution in [0.1, 0.15) is 39.0 Å². The third kappa shape index (κ3) is 31.1. The molecule has 0 rings (SSSR count). The van der Waals surface area contributed by atoms with E-state index in [9.17, 15) is 0 Å². The van der Waals surface area contributed by atoms with E-state index in [0.29, 0.717) is 0 Å². The fraction of sp³-hybridized carbons (Fsp3) is 1.00. The van der Waals surface area contributed by atoms with Crippen molar-refractivity contribution in [1.29, 1.82) is 0 Å². The second-order valence-electron chi connectivity index (χ2n) is 2.35. The molecule has 0 aliphatic rings. The summed E-state index contributed by atoms with van der Waals surface area (Å²) >= 11 is 4.55. The Balaban J connectivity index is 0. The molecule has 0 unspecified atom stereocenters. The monoisotopic (exact) mass is 239 g/mol. The van der Waals surface area contributed by atoms with Crippen LogP contribution in [0.15, 0.2) is 0 Å². The van der Waals surface area contributed by atoms with Gasteiger partial charge < -0.3 is 9.79 Å². The SMILES string of the molecule is CCCCCC[CH2][Ni].O=[PH](O)O. The molecule has 0 heterocycles. The van der Waals surface area contributed by atoms with Crippen LogP contribution in [0.25, 0.3) is 0 Å². The van der Waals surface area contributed by atoms with Crippen molar-refractivity contribution in [2.75, 3.05) is 0 Å². The minimum Gasteiger partial charge on any atom is -0.326 e. The van der Waals surface area contributed by atoms with Gasteiger partial charge in [-0.2, -0.15) is 0 Å². The third-order valence-corrected chi connectivity index (χ3v) is 1.56. The van der Waals surface area contributed by atoms with Crippen LogP contribution in [0.2, 0.25) is 5.39 Å². The van der Waals surface area contributed by atoms with Gasteiger partial charge in [0.2, 0.25) is 0 Å². The predicted molar refractivity (Wildman–Crippen MR) is 47.0 cm³/mol. The van der Waals surface area contributed by atoms with Crippen molar-refractivity contribution >= 4 is 8.25 Å². The summed E-state index contributed by atoms with van der Waals surface area (Å²) in [5.74, 6) is 0. The van der Waals surface area contributed by atoms with Crippen LogP contribution < -0.4 is 0 Å². The standard InChI is InChI=1S/C7H15.Ni.H3O3P/c1-3-5-7-6-4-2;;1-4(2)3/h1,3-7H2,2H3;;4H,(H2,1,2,3). The molecule has 2 N–H and O–H groups in total. The summed E-state index contributed by atoms with van der Waals surface area (Å²) in [4.78, 5) is 14.3. The van der Waals surface area contributed by atoms with Gasteiger partial charge in [-0.1, -0.05) is 0 Å². The smallest absolute Gasteiger partial charge is 0.314 e. The second-order valence-corrected chi connectivity index (χ2v) is 3.41. The van der Waals surface area contributed by atoms with Crippen LogP contribution in [0.4, 0.5) is 0 Å². The van der Waals surface area contributed by atoms with Crippen LogP contribution in [0.5, 0.6) is 0 Å². The molecular formula is C7H18NiO3P. The van der Waals surface area contributed by atoms with Gasteiger partial charge in [-0.25, -0.2) is 0 Å². The Bertz CT molecular complexity index is 90.7. The van der Waals surface area contributed by atoms with E-state index in [-0.39, 0.29) is 0 Å². The number of rotatable bonds is 5. The minimum atomic E-state index is -3.13. The molecular weight excluding hydrogens is 222 g/mol. The van der Waals surface area contributed by atoms with Gasteiger partial charge in [0.1, 0.15) is 0 Å².